The average molecular weight is 616 g/mol. The first kappa shape index (κ1) is 24.0. The Morgan fingerprint density at radius 1 is 0.730 bits per heavy atom. The van der Waals surface area contributed by atoms with Crippen molar-refractivity contribution in [2.75, 3.05) is 0 Å². The van der Waals surface area contributed by atoms with Crippen molar-refractivity contribution < 1.29 is 25.9 Å². The van der Waals surface area contributed by atoms with Crippen LogP contribution >= 0.6 is 11.6 Å². The van der Waals surface area contributed by atoms with E-state index in [1.165, 1.54) is 29.2 Å². The fraction of sp³-hybridized carbons (Fsp3) is 0.0938. The highest BCUT2D eigenvalue weighted by atomic mass is 127. The Labute approximate surface area is 232 Å². The van der Waals surface area contributed by atoms with Gasteiger partial charge in [0.2, 0.25) is 0 Å². The molecule has 0 saturated carbocycles. The van der Waals surface area contributed by atoms with Crippen molar-refractivity contribution in [2.24, 2.45) is 0 Å². The van der Waals surface area contributed by atoms with E-state index >= 15 is 0 Å². The summed E-state index contributed by atoms with van der Waals surface area (Å²) in [6.45, 7) is 6.60. The van der Waals surface area contributed by atoms with Gasteiger partial charge in [0.25, 0.3) is 0 Å². The number of ether oxygens (including phenoxy) is 1. The first-order valence-electron chi connectivity index (χ1n) is 12.1. The second-order valence-corrected chi connectivity index (χ2v) is 12.5. The van der Waals surface area contributed by atoms with Gasteiger partial charge in [0.15, 0.2) is 7.14 Å². The van der Waals surface area contributed by atoms with Gasteiger partial charge in [-0.1, -0.05) is 53.6 Å². The van der Waals surface area contributed by atoms with Gasteiger partial charge in [0.1, 0.15) is 17.3 Å². The normalized spacial score (nSPS) is 11.4. The molecular formula is C32H25ClIN2O+. The van der Waals surface area contributed by atoms with Gasteiger partial charge < -0.3 is 4.74 Å². The zero-order valence-electron chi connectivity index (χ0n) is 20.8. The Morgan fingerprint density at radius 2 is 1.49 bits per heavy atom. The molecule has 0 aliphatic rings. The molecule has 0 saturated heterocycles. The summed E-state index contributed by atoms with van der Waals surface area (Å²) in [5.41, 5.74) is 6.19. The molecule has 0 N–H and O–H groups in total. The quantitative estimate of drug-likeness (QED) is 0.234. The van der Waals surface area contributed by atoms with Crippen LogP contribution in [-0.2, 0) is 0 Å². The summed E-state index contributed by atoms with van der Waals surface area (Å²) >= 11 is 6.02. The molecule has 0 fully saturated rings. The summed E-state index contributed by atoms with van der Waals surface area (Å²) in [7, 11) is 0. The molecule has 2 aromatic heterocycles. The van der Waals surface area contributed by atoms with E-state index in [0.29, 0.717) is 5.02 Å². The molecule has 0 unspecified atom stereocenters. The number of fused-ring (bicyclic) bond motifs is 3. The minimum atomic E-state index is -0.308. The van der Waals surface area contributed by atoms with Crippen molar-refractivity contribution in [1.82, 2.24) is 9.55 Å². The lowest BCUT2D eigenvalue weighted by molar-refractivity contribution is -0.598. The monoisotopic (exact) mass is 615 g/mol. The Bertz CT molecular complexity index is 1770. The minimum Gasteiger partial charge on any atom is -0.457 e. The van der Waals surface area contributed by atoms with Crippen molar-refractivity contribution in [1.29, 1.82) is 0 Å². The van der Waals surface area contributed by atoms with Crippen molar-refractivity contribution >= 4 is 33.4 Å². The molecule has 0 spiro atoms. The lowest BCUT2D eigenvalue weighted by atomic mass is 10.1. The van der Waals surface area contributed by atoms with Crippen LogP contribution in [-0.4, -0.2) is 9.55 Å². The molecule has 0 radical (unpaired) electrons. The molecule has 6 rings (SSSR count). The molecule has 0 amide bonds. The zero-order valence-corrected chi connectivity index (χ0v) is 23.7. The number of pyridine rings is 1. The lowest BCUT2D eigenvalue weighted by Gasteiger charge is -2.09. The molecule has 3 nitrogen and oxygen atoms in total. The maximum absolute atomic E-state index is 6.41. The van der Waals surface area contributed by atoms with Gasteiger partial charge in [-0.25, -0.2) is 4.98 Å². The summed E-state index contributed by atoms with van der Waals surface area (Å²) < 4.78 is 11.4. The van der Waals surface area contributed by atoms with E-state index in [9.17, 15) is 0 Å². The summed E-state index contributed by atoms with van der Waals surface area (Å²) in [5, 5.41) is 2.97. The molecule has 0 atom stereocenters. The molecular weight excluding hydrogens is 591 g/mol. The van der Waals surface area contributed by atoms with E-state index in [1.54, 1.807) is 12.3 Å². The summed E-state index contributed by atoms with van der Waals surface area (Å²) in [6, 6.07) is 31.4. The number of halogens is 2. The van der Waals surface area contributed by atoms with Crippen LogP contribution in [0.1, 0.15) is 16.7 Å². The lowest BCUT2D eigenvalue weighted by Crippen LogP contribution is -3.62. The van der Waals surface area contributed by atoms with Gasteiger partial charge in [-0.15, -0.1) is 0 Å². The molecule has 0 bridgehead atoms. The largest absolute Gasteiger partial charge is 0.457 e. The number of nitrogens with zero attached hydrogens (tertiary/aromatic N) is 2. The SMILES string of the molecule is Cc1cc(C)c([I+]c2cccc(Oc3ccc4c5ccccc5n(-c5cc(Cl)ccn5)c4c3)c2)c(C)c1. The van der Waals surface area contributed by atoms with Crippen LogP contribution in [0.15, 0.2) is 97.2 Å². The molecule has 0 aliphatic heterocycles. The van der Waals surface area contributed by atoms with E-state index in [4.69, 9.17) is 16.3 Å². The highest BCUT2D eigenvalue weighted by Crippen LogP contribution is 2.35. The fourth-order valence-electron chi connectivity index (χ4n) is 4.92. The van der Waals surface area contributed by atoms with Gasteiger partial charge in [0.05, 0.1) is 11.0 Å². The second kappa shape index (κ2) is 9.84. The number of rotatable bonds is 5. The summed E-state index contributed by atoms with van der Waals surface area (Å²) in [5.74, 6) is 2.42. The number of hydrogen-bond acceptors (Lipinski definition) is 2. The van der Waals surface area contributed by atoms with Crippen LogP contribution in [0, 0.1) is 27.9 Å². The average Bonchev–Trinajstić information content (AvgIpc) is 3.20. The van der Waals surface area contributed by atoms with Crippen LogP contribution in [0.5, 0.6) is 11.5 Å². The van der Waals surface area contributed by atoms with Crippen LogP contribution in [0.3, 0.4) is 0 Å². The first-order chi connectivity index (χ1) is 18.0. The molecule has 4 aromatic carbocycles. The standard InChI is InChI=1S/C32H25ClIN2O/c1-20-15-21(2)32(22(3)16-20)34-24-7-6-8-25(18-24)37-26-11-12-28-27-9-4-5-10-29(27)36(30(28)19-26)31-17-23(33)13-14-35-31/h4-19H,1-3H3/q+1. The first-order valence-corrected chi connectivity index (χ1v) is 14.7. The smallest absolute Gasteiger partial charge is 0.358 e. The molecule has 0 aliphatic carbocycles. The molecule has 182 valence electrons. The van der Waals surface area contributed by atoms with E-state index in [1.807, 2.05) is 24.3 Å². The fourth-order valence-corrected chi connectivity index (χ4v) is 7.71. The third kappa shape index (κ3) is 4.72. The molecule has 37 heavy (non-hydrogen) atoms. The topological polar surface area (TPSA) is 27.1 Å². The van der Waals surface area contributed by atoms with E-state index < -0.39 is 0 Å². The van der Waals surface area contributed by atoms with Crippen molar-refractivity contribution in [2.45, 2.75) is 20.8 Å². The Hall–Kier alpha value is -3.35. The van der Waals surface area contributed by atoms with Crippen LogP contribution in [0.25, 0.3) is 27.6 Å². The van der Waals surface area contributed by atoms with Crippen LogP contribution in [0.4, 0.5) is 0 Å². The number of hydrogen-bond donors (Lipinski definition) is 0. The highest BCUT2D eigenvalue weighted by Gasteiger charge is 2.22. The Morgan fingerprint density at radius 3 is 2.30 bits per heavy atom. The van der Waals surface area contributed by atoms with E-state index in [2.05, 4.69) is 91.0 Å². The van der Waals surface area contributed by atoms with Crippen molar-refractivity contribution in [3.8, 4) is 17.3 Å². The highest BCUT2D eigenvalue weighted by molar-refractivity contribution is 6.30. The molecule has 5 heteroatoms. The van der Waals surface area contributed by atoms with Gasteiger partial charge in [0, 0.05) is 51.3 Å². The van der Waals surface area contributed by atoms with Gasteiger partial charge in [-0.05, 0) is 57.2 Å². The number of benzene rings is 4. The molecule has 6 aromatic rings. The Kier molecular flexibility index (Phi) is 6.39. The predicted octanol–water partition coefficient (Wildman–Crippen LogP) is 5.68. The number of aryl methyl sites for hydroxylation is 3. The number of para-hydroxylation sites is 1. The third-order valence-corrected chi connectivity index (χ3v) is 10.2. The maximum atomic E-state index is 6.41. The predicted molar refractivity (Wildman–Crippen MR) is 148 cm³/mol. The van der Waals surface area contributed by atoms with Crippen LogP contribution < -0.4 is 25.9 Å². The van der Waals surface area contributed by atoms with Gasteiger partial charge in [-0.2, -0.15) is 0 Å². The van der Waals surface area contributed by atoms with Crippen molar-refractivity contribution in [3.05, 3.63) is 126 Å². The minimum absolute atomic E-state index is 0.308. The van der Waals surface area contributed by atoms with E-state index in [-0.39, 0.29) is 21.2 Å². The molecule has 2 heterocycles. The number of aromatic nitrogens is 2. The summed E-state index contributed by atoms with van der Waals surface area (Å²) in [4.78, 5) is 4.61. The Balaban J connectivity index is 1.38. The van der Waals surface area contributed by atoms with Gasteiger partial charge in [-0.3, -0.25) is 4.57 Å². The zero-order chi connectivity index (χ0) is 25.5. The van der Waals surface area contributed by atoms with Gasteiger partial charge >= 0.3 is 21.2 Å². The van der Waals surface area contributed by atoms with Crippen LogP contribution in [0.2, 0.25) is 5.02 Å². The maximum Gasteiger partial charge on any atom is 0.358 e. The summed E-state index contributed by atoms with van der Waals surface area (Å²) in [6.07, 6.45) is 1.74. The third-order valence-electron chi connectivity index (χ3n) is 6.40. The van der Waals surface area contributed by atoms with Crippen molar-refractivity contribution in [3.63, 3.8) is 0 Å². The second-order valence-electron chi connectivity index (χ2n) is 9.23. The van der Waals surface area contributed by atoms with E-state index in [0.717, 1.165) is 33.7 Å².